The van der Waals surface area contributed by atoms with E-state index in [4.69, 9.17) is 14.2 Å². The number of benzene rings is 2. The van der Waals surface area contributed by atoms with Gasteiger partial charge in [-0.05, 0) is 55.9 Å². The molecule has 1 spiro atoms. The van der Waals surface area contributed by atoms with Gasteiger partial charge in [-0.15, -0.1) is 0 Å². The molecule has 1 aliphatic carbocycles. The number of carbonyl (C=O) groups is 1. The van der Waals surface area contributed by atoms with Crippen molar-refractivity contribution in [1.82, 2.24) is 4.57 Å². The van der Waals surface area contributed by atoms with E-state index >= 15 is 0 Å². The molecule has 0 N–H and O–H groups in total. The maximum atomic E-state index is 13.8. The molecule has 2 heterocycles. The van der Waals surface area contributed by atoms with Crippen LogP contribution in [0.4, 0.5) is 0 Å². The van der Waals surface area contributed by atoms with Crippen LogP contribution in [0.2, 0.25) is 0 Å². The summed E-state index contributed by atoms with van der Waals surface area (Å²) >= 11 is 0. The summed E-state index contributed by atoms with van der Waals surface area (Å²) in [5.74, 6) is 1.30. The third-order valence-electron chi connectivity index (χ3n) is 7.49. The van der Waals surface area contributed by atoms with Gasteiger partial charge in [-0.1, -0.05) is 44.9 Å². The SMILES string of the molecule is COc1ccc2c(c1)C(OC(=O)c1cn(CC(C)C)c(=O)c3ccccc13)CC1(CCCCCC1)O2. The summed E-state index contributed by atoms with van der Waals surface area (Å²) in [4.78, 5) is 26.8. The van der Waals surface area contributed by atoms with E-state index in [2.05, 4.69) is 13.8 Å². The highest BCUT2D eigenvalue weighted by atomic mass is 16.6. The summed E-state index contributed by atoms with van der Waals surface area (Å²) in [6.07, 6.45) is 8.35. The van der Waals surface area contributed by atoms with Crippen LogP contribution in [0.1, 0.15) is 80.8 Å². The summed E-state index contributed by atoms with van der Waals surface area (Å²) in [6.45, 7) is 4.64. The Morgan fingerprint density at radius 3 is 2.50 bits per heavy atom. The molecule has 0 saturated heterocycles. The number of nitrogens with zero attached hydrogens (tertiary/aromatic N) is 1. The van der Waals surface area contributed by atoms with Crippen LogP contribution in [0.3, 0.4) is 0 Å². The Balaban J connectivity index is 1.55. The molecule has 1 fully saturated rings. The average Bonchev–Trinajstić information content (AvgIpc) is 3.10. The Morgan fingerprint density at radius 2 is 1.81 bits per heavy atom. The number of pyridine rings is 1. The van der Waals surface area contributed by atoms with E-state index in [1.807, 2.05) is 36.4 Å². The second kappa shape index (κ2) is 10.00. The Hall–Kier alpha value is -3.28. The summed E-state index contributed by atoms with van der Waals surface area (Å²) in [7, 11) is 1.63. The maximum Gasteiger partial charge on any atom is 0.340 e. The summed E-state index contributed by atoms with van der Waals surface area (Å²) in [5, 5.41) is 1.15. The molecule has 6 heteroatoms. The molecule has 6 nitrogen and oxygen atoms in total. The van der Waals surface area contributed by atoms with Gasteiger partial charge in [-0.2, -0.15) is 0 Å². The zero-order valence-corrected chi connectivity index (χ0v) is 21.4. The van der Waals surface area contributed by atoms with Gasteiger partial charge in [0, 0.05) is 35.5 Å². The summed E-state index contributed by atoms with van der Waals surface area (Å²) < 4.78 is 20.0. The number of esters is 1. The van der Waals surface area contributed by atoms with Crippen LogP contribution < -0.4 is 15.0 Å². The number of ether oxygens (including phenoxy) is 3. The average molecular weight is 490 g/mol. The van der Waals surface area contributed by atoms with Crippen LogP contribution in [-0.2, 0) is 11.3 Å². The lowest BCUT2D eigenvalue weighted by molar-refractivity contribution is -0.0392. The van der Waals surface area contributed by atoms with Gasteiger partial charge < -0.3 is 18.8 Å². The standard InChI is InChI=1S/C30H35NO5/c1-20(2)18-31-19-25(22-10-6-7-11-23(22)28(31)32)29(33)35-27-17-30(14-8-4-5-9-15-30)36-26-13-12-21(34-3)16-24(26)27/h6-7,10-13,16,19-20,27H,4-5,8-9,14-15,17-18H2,1-3H3. The Labute approximate surface area is 212 Å². The van der Waals surface area contributed by atoms with E-state index in [0.717, 1.165) is 37.0 Å². The van der Waals surface area contributed by atoms with Gasteiger partial charge in [0.2, 0.25) is 0 Å². The normalized spacial score (nSPS) is 18.9. The van der Waals surface area contributed by atoms with Crippen molar-refractivity contribution in [2.24, 2.45) is 5.92 Å². The molecule has 1 aliphatic heterocycles. The van der Waals surface area contributed by atoms with Gasteiger partial charge in [0.1, 0.15) is 23.2 Å². The molecule has 36 heavy (non-hydrogen) atoms. The molecule has 1 unspecified atom stereocenters. The summed E-state index contributed by atoms with van der Waals surface area (Å²) in [5.41, 5.74) is 0.824. The molecule has 2 aliphatic rings. The highest BCUT2D eigenvalue weighted by Gasteiger charge is 2.43. The van der Waals surface area contributed by atoms with Gasteiger partial charge >= 0.3 is 5.97 Å². The fourth-order valence-corrected chi connectivity index (χ4v) is 5.73. The third-order valence-corrected chi connectivity index (χ3v) is 7.49. The van der Waals surface area contributed by atoms with Crippen molar-refractivity contribution in [1.29, 1.82) is 0 Å². The number of aromatic nitrogens is 1. The molecule has 0 amide bonds. The van der Waals surface area contributed by atoms with Crippen molar-refractivity contribution in [3.63, 3.8) is 0 Å². The minimum absolute atomic E-state index is 0.0885. The second-order valence-electron chi connectivity index (χ2n) is 10.6. The van der Waals surface area contributed by atoms with Gasteiger partial charge in [0.25, 0.3) is 5.56 Å². The van der Waals surface area contributed by atoms with Crippen molar-refractivity contribution >= 4 is 16.7 Å². The van der Waals surface area contributed by atoms with Crippen molar-refractivity contribution in [2.75, 3.05) is 7.11 Å². The molecule has 3 aromatic rings. The maximum absolute atomic E-state index is 13.8. The number of carbonyl (C=O) groups excluding carboxylic acids is 1. The van der Waals surface area contributed by atoms with Crippen molar-refractivity contribution < 1.29 is 19.0 Å². The highest BCUT2D eigenvalue weighted by molar-refractivity contribution is 6.04. The number of methoxy groups -OCH3 is 1. The molecule has 0 radical (unpaired) electrons. The predicted octanol–water partition coefficient (Wildman–Crippen LogP) is 6.44. The van der Waals surface area contributed by atoms with E-state index in [9.17, 15) is 9.59 Å². The van der Waals surface area contributed by atoms with E-state index in [1.165, 1.54) is 12.8 Å². The van der Waals surface area contributed by atoms with Crippen LogP contribution >= 0.6 is 0 Å². The Morgan fingerprint density at radius 1 is 1.08 bits per heavy atom. The number of fused-ring (bicyclic) bond motifs is 2. The molecule has 1 saturated carbocycles. The summed E-state index contributed by atoms with van der Waals surface area (Å²) in [6, 6.07) is 13.0. The van der Waals surface area contributed by atoms with Crippen LogP contribution in [0.25, 0.3) is 10.8 Å². The van der Waals surface area contributed by atoms with E-state index in [1.54, 1.807) is 23.9 Å². The van der Waals surface area contributed by atoms with Crippen molar-refractivity contribution in [3.8, 4) is 11.5 Å². The first-order valence-corrected chi connectivity index (χ1v) is 13.1. The number of hydrogen-bond acceptors (Lipinski definition) is 5. The van der Waals surface area contributed by atoms with E-state index < -0.39 is 12.1 Å². The Bertz CT molecular complexity index is 1320. The lowest BCUT2D eigenvalue weighted by atomic mass is 9.83. The predicted molar refractivity (Wildman–Crippen MR) is 140 cm³/mol. The fraction of sp³-hybridized carbons (Fsp3) is 0.467. The third kappa shape index (κ3) is 4.73. The Kier molecular flexibility index (Phi) is 6.78. The lowest BCUT2D eigenvalue weighted by Gasteiger charge is -2.41. The minimum Gasteiger partial charge on any atom is -0.497 e. The van der Waals surface area contributed by atoms with Crippen molar-refractivity contribution in [3.05, 3.63) is 70.1 Å². The number of rotatable bonds is 5. The van der Waals surface area contributed by atoms with Crippen LogP contribution in [0, 0.1) is 5.92 Å². The smallest absolute Gasteiger partial charge is 0.340 e. The van der Waals surface area contributed by atoms with Gasteiger partial charge in [0.05, 0.1) is 12.7 Å². The molecule has 1 aromatic heterocycles. The topological polar surface area (TPSA) is 66.8 Å². The van der Waals surface area contributed by atoms with E-state index in [-0.39, 0.29) is 17.1 Å². The molecule has 0 bridgehead atoms. The van der Waals surface area contributed by atoms with Gasteiger partial charge in [-0.3, -0.25) is 4.79 Å². The molecular weight excluding hydrogens is 454 g/mol. The lowest BCUT2D eigenvalue weighted by Crippen LogP contribution is -2.41. The number of hydrogen-bond donors (Lipinski definition) is 0. The molecular formula is C30H35NO5. The quantitative estimate of drug-likeness (QED) is 0.386. The molecule has 5 rings (SSSR count). The van der Waals surface area contributed by atoms with Crippen LogP contribution in [-0.4, -0.2) is 23.2 Å². The zero-order valence-electron chi connectivity index (χ0n) is 21.4. The monoisotopic (exact) mass is 489 g/mol. The largest absolute Gasteiger partial charge is 0.497 e. The first-order chi connectivity index (χ1) is 17.4. The van der Waals surface area contributed by atoms with Gasteiger partial charge in [0.15, 0.2) is 0 Å². The first-order valence-electron chi connectivity index (χ1n) is 13.1. The molecule has 1 atom stereocenters. The second-order valence-corrected chi connectivity index (χ2v) is 10.6. The van der Waals surface area contributed by atoms with Crippen molar-refractivity contribution in [2.45, 2.75) is 77.0 Å². The van der Waals surface area contributed by atoms with Gasteiger partial charge in [-0.25, -0.2) is 4.79 Å². The first kappa shape index (κ1) is 24.4. The zero-order chi connectivity index (χ0) is 25.3. The van der Waals surface area contributed by atoms with Crippen LogP contribution in [0.5, 0.6) is 11.5 Å². The molecule has 2 aromatic carbocycles. The highest BCUT2D eigenvalue weighted by Crippen LogP contribution is 2.48. The minimum atomic E-state index is -0.460. The van der Waals surface area contributed by atoms with E-state index in [0.29, 0.717) is 35.1 Å². The molecule has 190 valence electrons. The van der Waals surface area contributed by atoms with Crippen LogP contribution in [0.15, 0.2) is 53.5 Å². The fourth-order valence-electron chi connectivity index (χ4n) is 5.73.